The molecule has 0 aliphatic heterocycles. The minimum atomic E-state index is -0.615. The summed E-state index contributed by atoms with van der Waals surface area (Å²) < 4.78 is 0. The number of nitrogens with one attached hydrogen (secondary N) is 1. The van der Waals surface area contributed by atoms with Gasteiger partial charge in [-0.2, -0.15) is 11.3 Å². The molecule has 0 aliphatic rings. The Morgan fingerprint density at radius 3 is 2.83 bits per heavy atom. The molecule has 0 bridgehead atoms. The minimum Gasteiger partial charge on any atom is -0.389 e. The second-order valence-corrected chi connectivity index (χ2v) is 4.33. The van der Waals surface area contributed by atoms with Crippen molar-refractivity contribution in [3.8, 4) is 0 Å². The Morgan fingerprint density at radius 2 is 2.33 bits per heavy atom. The van der Waals surface area contributed by atoms with Crippen molar-refractivity contribution in [2.24, 2.45) is 0 Å². The summed E-state index contributed by atoms with van der Waals surface area (Å²) in [7, 11) is 0. The van der Waals surface area contributed by atoms with E-state index >= 15 is 0 Å². The molecule has 2 N–H and O–H groups in total. The van der Waals surface area contributed by atoms with E-state index in [1.807, 2.05) is 0 Å². The number of rotatable bonds is 4. The van der Waals surface area contributed by atoms with Gasteiger partial charge in [0.1, 0.15) is 0 Å². The van der Waals surface area contributed by atoms with E-state index in [-0.39, 0.29) is 0 Å². The van der Waals surface area contributed by atoms with Crippen molar-refractivity contribution >= 4 is 11.3 Å². The van der Waals surface area contributed by atoms with E-state index in [1.54, 1.807) is 25.2 Å². The van der Waals surface area contributed by atoms with Crippen LogP contribution in [0.2, 0.25) is 0 Å². The molecule has 0 saturated heterocycles. The summed E-state index contributed by atoms with van der Waals surface area (Å²) in [6, 6.07) is 2.09. The van der Waals surface area contributed by atoms with Crippen LogP contribution in [0, 0.1) is 0 Å². The zero-order chi connectivity index (χ0) is 9.03. The van der Waals surface area contributed by atoms with Gasteiger partial charge < -0.3 is 10.4 Å². The van der Waals surface area contributed by atoms with Crippen molar-refractivity contribution in [1.29, 1.82) is 0 Å². The average Bonchev–Trinajstić information content (AvgIpc) is 2.36. The lowest BCUT2D eigenvalue weighted by molar-refractivity contribution is 0.0795. The van der Waals surface area contributed by atoms with Crippen LogP contribution in [0.3, 0.4) is 0 Å². The van der Waals surface area contributed by atoms with Gasteiger partial charge in [-0.05, 0) is 36.2 Å². The van der Waals surface area contributed by atoms with Gasteiger partial charge >= 0.3 is 0 Å². The molecule has 12 heavy (non-hydrogen) atoms. The number of thiophene rings is 1. The maximum absolute atomic E-state index is 9.39. The van der Waals surface area contributed by atoms with Crippen LogP contribution in [0.5, 0.6) is 0 Å². The highest BCUT2D eigenvalue weighted by Crippen LogP contribution is 2.05. The monoisotopic (exact) mass is 185 g/mol. The van der Waals surface area contributed by atoms with E-state index in [0.717, 1.165) is 6.54 Å². The normalized spacial score (nSPS) is 11.9. The van der Waals surface area contributed by atoms with Crippen LogP contribution in [-0.2, 0) is 6.54 Å². The summed E-state index contributed by atoms with van der Waals surface area (Å²) in [6.07, 6.45) is 0. The van der Waals surface area contributed by atoms with Crippen molar-refractivity contribution in [1.82, 2.24) is 5.32 Å². The molecule has 0 unspecified atom stereocenters. The molecule has 0 aromatic carbocycles. The van der Waals surface area contributed by atoms with Gasteiger partial charge in [0.25, 0.3) is 0 Å². The van der Waals surface area contributed by atoms with Crippen LogP contribution in [0.4, 0.5) is 0 Å². The third kappa shape index (κ3) is 3.85. The molecule has 68 valence electrons. The minimum absolute atomic E-state index is 0.615. The molecule has 0 aliphatic carbocycles. The first kappa shape index (κ1) is 9.71. The lowest BCUT2D eigenvalue weighted by atomic mass is 10.1. The van der Waals surface area contributed by atoms with Crippen LogP contribution in [0.25, 0.3) is 0 Å². The number of hydrogen-bond acceptors (Lipinski definition) is 3. The fraction of sp³-hybridized carbons (Fsp3) is 0.556. The summed E-state index contributed by atoms with van der Waals surface area (Å²) in [5.41, 5.74) is 0.667. The molecule has 0 atom stereocenters. The maximum atomic E-state index is 9.39. The Balaban J connectivity index is 2.20. The molecular formula is C9H15NOS. The molecular weight excluding hydrogens is 170 g/mol. The average molecular weight is 185 g/mol. The molecule has 1 heterocycles. The second-order valence-electron chi connectivity index (χ2n) is 3.55. The first-order chi connectivity index (χ1) is 5.58. The van der Waals surface area contributed by atoms with E-state index < -0.39 is 5.60 Å². The third-order valence-electron chi connectivity index (χ3n) is 1.47. The van der Waals surface area contributed by atoms with Crippen molar-refractivity contribution < 1.29 is 5.11 Å². The van der Waals surface area contributed by atoms with Gasteiger partial charge in [0, 0.05) is 13.1 Å². The van der Waals surface area contributed by atoms with E-state index in [1.165, 1.54) is 5.56 Å². The van der Waals surface area contributed by atoms with Gasteiger partial charge in [-0.1, -0.05) is 0 Å². The SMILES string of the molecule is CC(C)(O)CNCc1ccsc1. The molecule has 2 nitrogen and oxygen atoms in total. The Kier molecular flexibility index (Phi) is 3.26. The Morgan fingerprint density at radius 1 is 1.58 bits per heavy atom. The van der Waals surface area contributed by atoms with Gasteiger partial charge in [0.05, 0.1) is 5.60 Å². The summed E-state index contributed by atoms with van der Waals surface area (Å²) in [4.78, 5) is 0. The summed E-state index contributed by atoms with van der Waals surface area (Å²) >= 11 is 1.70. The van der Waals surface area contributed by atoms with Gasteiger partial charge in [-0.3, -0.25) is 0 Å². The van der Waals surface area contributed by atoms with Gasteiger partial charge in [-0.25, -0.2) is 0 Å². The van der Waals surface area contributed by atoms with Crippen LogP contribution in [0.15, 0.2) is 16.8 Å². The molecule has 0 fully saturated rings. The summed E-state index contributed by atoms with van der Waals surface area (Å²) in [6.45, 7) is 5.07. The van der Waals surface area contributed by atoms with Gasteiger partial charge in [-0.15, -0.1) is 0 Å². The molecule has 0 amide bonds. The highest BCUT2D eigenvalue weighted by molar-refractivity contribution is 7.07. The molecule has 1 aromatic heterocycles. The fourth-order valence-electron chi connectivity index (χ4n) is 0.906. The lowest BCUT2D eigenvalue weighted by Crippen LogP contribution is -2.34. The van der Waals surface area contributed by atoms with E-state index in [9.17, 15) is 5.11 Å². The van der Waals surface area contributed by atoms with Crippen LogP contribution < -0.4 is 5.32 Å². The Bertz CT molecular complexity index is 213. The quantitative estimate of drug-likeness (QED) is 0.747. The number of aliphatic hydroxyl groups is 1. The standard InChI is InChI=1S/C9H15NOS/c1-9(2,11)7-10-5-8-3-4-12-6-8/h3-4,6,10-11H,5,7H2,1-2H3. The van der Waals surface area contributed by atoms with E-state index in [4.69, 9.17) is 0 Å². The van der Waals surface area contributed by atoms with Crippen LogP contribution >= 0.6 is 11.3 Å². The van der Waals surface area contributed by atoms with E-state index in [2.05, 4.69) is 22.1 Å². The van der Waals surface area contributed by atoms with Crippen LogP contribution in [0.1, 0.15) is 19.4 Å². The lowest BCUT2D eigenvalue weighted by Gasteiger charge is -2.17. The van der Waals surface area contributed by atoms with E-state index in [0.29, 0.717) is 6.54 Å². The first-order valence-electron chi connectivity index (χ1n) is 4.02. The smallest absolute Gasteiger partial charge is 0.0715 e. The number of hydrogen-bond donors (Lipinski definition) is 2. The molecule has 1 rings (SSSR count). The highest BCUT2D eigenvalue weighted by atomic mass is 32.1. The Hall–Kier alpha value is -0.380. The van der Waals surface area contributed by atoms with Crippen molar-refractivity contribution in [2.75, 3.05) is 6.54 Å². The predicted molar refractivity (Wildman–Crippen MR) is 52.3 cm³/mol. The maximum Gasteiger partial charge on any atom is 0.0715 e. The molecule has 3 heteroatoms. The van der Waals surface area contributed by atoms with Crippen molar-refractivity contribution in [2.45, 2.75) is 26.0 Å². The summed E-state index contributed by atoms with van der Waals surface area (Å²) in [5.74, 6) is 0. The van der Waals surface area contributed by atoms with Crippen molar-refractivity contribution in [3.05, 3.63) is 22.4 Å². The Labute approximate surface area is 77.2 Å². The zero-order valence-corrected chi connectivity index (χ0v) is 8.32. The molecule has 0 radical (unpaired) electrons. The largest absolute Gasteiger partial charge is 0.389 e. The fourth-order valence-corrected chi connectivity index (χ4v) is 1.57. The first-order valence-corrected chi connectivity index (χ1v) is 4.96. The second kappa shape index (κ2) is 4.03. The zero-order valence-electron chi connectivity index (χ0n) is 7.50. The summed E-state index contributed by atoms with van der Waals surface area (Å²) in [5, 5.41) is 16.7. The third-order valence-corrected chi connectivity index (χ3v) is 2.20. The molecule has 1 aromatic rings. The van der Waals surface area contributed by atoms with Gasteiger partial charge in [0.2, 0.25) is 0 Å². The van der Waals surface area contributed by atoms with Crippen LogP contribution in [-0.4, -0.2) is 17.3 Å². The predicted octanol–water partition coefficient (Wildman–Crippen LogP) is 1.61. The topological polar surface area (TPSA) is 32.3 Å². The highest BCUT2D eigenvalue weighted by Gasteiger charge is 2.10. The van der Waals surface area contributed by atoms with Crippen molar-refractivity contribution in [3.63, 3.8) is 0 Å². The molecule has 0 spiro atoms. The molecule has 0 saturated carbocycles. The van der Waals surface area contributed by atoms with Gasteiger partial charge in [0.15, 0.2) is 0 Å².